The molecular weight excluding hydrogens is 498 g/mol. The van der Waals surface area contributed by atoms with Gasteiger partial charge in [0.2, 0.25) is 0 Å². The zero-order chi connectivity index (χ0) is 30.2. The van der Waals surface area contributed by atoms with Gasteiger partial charge in [-0.2, -0.15) is 0 Å². The number of fused-ring (bicyclic) bond motifs is 1. The first-order valence-electron chi connectivity index (χ1n) is 16.1. The highest BCUT2D eigenvalue weighted by Crippen LogP contribution is 2.45. The fraction of sp³-hybridized carbons (Fsp3) is 0.800. The van der Waals surface area contributed by atoms with Crippen LogP contribution in [-0.4, -0.2) is 39.8 Å². The van der Waals surface area contributed by atoms with Crippen LogP contribution in [0, 0.1) is 37.5 Å². The summed E-state index contributed by atoms with van der Waals surface area (Å²) < 4.78 is 6.77. The summed E-state index contributed by atoms with van der Waals surface area (Å²) in [5, 5.41) is 20.9. The molecule has 0 saturated carbocycles. The summed E-state index contributed by atoms with van der Waals surface area (Å²) in [5.74, 6) is 2.73. The Morgan fingerprint density at radius 2 is 1.48 bits per heavy atom. The SMILES string of the molecule is Cc1c(C)c2c(c(CN(C)[C@H](C(=O)O)C(C)C)c1O)CCC(C)(CCCC(C)CCCC(C)CCCC(C)C)O2. The van der Waals surface area contributed by atoms with E-state index in [0.29, 0.717) is 6.54 Å². The molecule has 0 fully saturated rings. The molecule has 1 aliphatic rings. The third-order valence-corrected chi connectivity index (χ3v) is 9.48. The van der Waals surface area contributed by atoms with Gasteiger partial charge in [-0.25, -0.2) is 0 Å². The summed E-state index contributed by atoms with van der Waals surface area (Å²) in [6, 6.07) is -0.610. The molecular formula is C35H61NO4. The first kappa shape index (κ1) is 34.5. The lowest BCUT2D eigenvalue weighted by Gasteiger charge is -2.39. The van der Waals surface area contributed by atoms with Gasteiger partial charge in [0.05, 0.1) is 0 Å². The summed E-state index contributed by atoms with van der Waals surface area (Å²) in [6.07, 6.45) is 13.3. The molecule has 0 saturated heterocycles. The molecule has 2 N–H and O–H groups in total. The number of carboxylic acid groups (broad SMARTS) is 1. The molecule has 1 heterocycles. The molecule has 230 valence electrons. The highest BCUT2D eigenvalue weighted by molar-refractivity contribution is 5.73. The van der Waals surface area contributed by atoms with Crippen molar-refractivity contribution in [1.82, 2.24) is 4.90 Å². The fourth-order valence-electron chi connectivity index (χ4n) is 6.65. The number of ether oxygens (including phenoxy) is 1. The van der Waals surface area contributed by atoms with Crippen molar-refractivity contribution >= 4 is 5.97 Å². The number of aromatic hydroxyl groups is 1. The Hall–Kier alpha value is -1.75. The van der Waals surface area contributed by atoms with Crippen molar-refractivity contribution < 1.29 is 19.7 Å². The van der Waals surface area contributed by atoms with Crippen LogP contribution >= 0.6 is 0 Å². The van der Waals surface area contributed by atoms with Crippen LogP contribution in [0.2, 0.25) is 0 Å². The van der Waals surface area contributed by atoms with Gasteiger partial charge in [-0.1, -0.05) is 86.5 Å². The van der Waals surface area contributed by atoms with Gasteiger partial charge >= 0.3 is 5.97 Å². The van der Waals surface area contributed by atoms with E-state index in [0.717, 1.165) is 71.4 Å². The van der Waals surface area contributed by atoms with Crippen molar-refractivity contribution in [2.45, 2.75) is 151 Å². The number of nitrogens with zero attached hydrogens (tertiary/aromatic N) is 1. The standard InChI is InChI=1S/C35H61NO4/c1-23(2)14-11-15-25(5)16-12-17-26(6)18-13-20-35(9)21-19-29-30(22-36(10)31(24(3)4)34(38)39)32(37)27(7)28(8)33(29)40-35/h23-26,31,37H,11-22H2,1-10H3,(H,38,39)/t25?,26?,31-,35?/m0/s1. The Bertz CT molecular complexity index is 955. The maximum absolute atomic E-state index is 11.9. The number of likely N-dealkylation sites (N-methyl/N-ethyl adjacent to an activating group) is 1. The number of aliphatic carboxylic acids is 1. The van der Waals surface area contributed by atoms with E-state index >= 15 is 0 Å². The molecule has 1 aromatic rings. The number of hydrogen-bond acceptors (Lipinski definition) is 4. The smallest absolute Gasteiger partial charge is 0.321 e. The number of carbonyl (C=O) groups is 1. The topological polar surface area (TPSA) is 70.0 Å². The van der Waals surface area contributed by atoms with Gasteiger partial charge in [0.1, 0.15) is 23.1 Å². The first-order chi connectivity index (χ1) is 18.7. The van der Waals surface area contributed by atoms with Gasteiger partial charge in [0, 0.05) is 17.7 Å². The normalized spacial score (nSPS) is 19.5. The quantitative estimate of drug-likeness (QED) is 0.199. The van der Waals surface area contributed by atoms with Gasteiger partial charge in [-0.3, -0.25) is 9.69 Å². The number of phenols is 1. The van der Waals surface area contributed by atoms with Crippen molar-refractivity contribution in [3.8, 4) is 11.5 Å². The second-order valence-electron chi connectivity index (χ2n) is 14.2. The van der Waals surface area contributed by atoms with E-state index < -0.39 is 12.0 Å². The van der Waals surface area contributed by atoms with Crippen LogP contribution < -0.4 is 4.74 Å². The third kappa shape index (κ3) is 9.67. The first-order valence-corrected chi connectivity index (χ1v) is 16.1. The summed E-state index contributed by atoms with van der Waals surface area (Å²) >= 11 is 0. The molecule has 3 unspecified atom stereocenters. The lowest BCUT2D eigenvalue weighted by atomic mass is 9.83. The van der Waals surface area contributed by atoms with Gasteiger partial charge < -0.3 is 14.9 Å². The van der Waals surface area contributed by atoms with Crippen molar-refractivity contribution in [2.75, 3.05) is 7.05 Å². The largest absolute Gasteiger partial charge is 0.507 e. The van der Waals surface area contributed by atoms with Crippen LogP contribution in [-0.2, 0) is 17.8 Å². The maximum Gasteiger partial charge on any atom is 0.321 e. The van der Waals surface area contributed by atoms with Gasteiger partial charge in [-0.15, -0.1) is 0 Å². The molecule has 0 aromatic heterocycles. The average molecular weight is 560 g/mol. The molecule has 0 spiro atoms. The van der Waals surface area contributed by atoms with Crippen LogP contribution in [0.5, 0.6) is 11.5 Å². The van der Waals surface area contributed by atoms with Crippen molar-refractivity contribution in [3.05, 3.63) is 22.3 Å². The van der Waals surface area contributed by atoms with E-state index in [1.807, 2.05) is 39.6 Å². The molecule has 0 radical (unpaired) electrons. The third-order valence-electron chi connectivity index (χ3n) is 9.48. The molecule has 0 amide bonds. The maximum atomic E-state index is 11.9. The predicted octanol–water partition coefficient (Wildman–Crippen LogP) is 9.07. The van der Waals surface area contributed by atoms with Crippen LogP contribution in [0.15, 0.2) is 0 Å². The lowest BCUT2D eigenvalue weighted by molar-refractivity contribution is -0.144. The molecule has 1 aliphatic heterocycles. The predicted molar refractivity (Wildman–Crippen MR) is 167 cm³/mol. The summed E-state index contributed by atoms with van der Waals surface area (Å²) in [4.78, 5) is 13.8. The summed E-state index contributed by atoms with van der Waals surface area (Å²) in [6.45, 7) is 19.9. The van der Waals surface area contributed by atoms with Crippen molar-refractivity contribution in [3.63, 3.8) is 0 Å². The second-order valence-corrected chi connectivity index (χ2v) is 14.2. The van der Waals surface area contributed by atoms with Gasteiger partial charge in [0.15, 0.2) is 0 Å². The van der Waals surface area contributed by atoms with E-state index in [1.165, 1.54) is 44.9 Å². The lowest BCUT2D eigenvalue weighted by Crippen LogP contribution is -2.42. The van der Waals surface area contributed by atoms with Crippen LogP contribution in [0.25, 0.3) is 0 Å². The zero-order valence-corrected chi connectivity index (χ0v) is 27.5. The van der Waals surface area contributed by atoms with Crippen LogP contribution in [0.1, 0.15) is 135 Å². The molecule has 0 aliphatic carbocycles. The molecule has 5 heteroatoms. The van der Waals surface area contributed by atoms with E-state index in [2.05, 4.69) is 34.6 Å². The highest BCUT2D eigenvalue weighted by atomic mass is 16.5. The number of hydrogen-bond donors (Lipinski definition) is 2. The summed E-state index contributed by atoms with van der Waals surface area (Å²) in [5.41, 5.74) is 3.49. The number of carboxylic acids is 1. The number of benzene rings is 1. The molecule has 1 aromatic carbocycles. The average Bonchev–Trinajstić information content (AvgIpc) is 2.84. The van der Waals surface area contributed by atoms with Crippen LogP contribution in [0.3, 0.4) is 0 Å². The van der Waals surface area contributed by atoms with E-state index in [4.69, 9.17) is 4.74 Å². The number of phenolic OH excluding ortho intramolecular Hbond substituents is 1. The zero-order valence-electron chi connectivity index (χ0n) is 27.5. The van der Waals surface area contributed by atoms with Crippen molar-refractivity contribution in [1.29, 1.82) is 0 Å². The minimum absolute atomic E-state index is 0.0351. The fourth-order valence-corrected chi connectivity index (χ4v) is 6.65. The van der Waals surface area contributed by atoms with Gasteiger partial charge in [0.25, 0.3) is 0 Å². The minimum Gasteiger partial charge on any atom is -0.507 e. The van der Waals surface area contributed by atoms with Crippen LogP contribution in [0.4, 0.5) is 0 Å². The molecule has 4 atom stereocenters. The van der Waals surface area contributed by atoms with E-state index in [1.54, 1.807) is 0 Å². The number of rotatable bonds is 17. The molecule has 2 rings (SSSR count). The van der Waals surface area contributed by atoms with Crippen molar-refractivity contribution in [2.24, 2.45) is 23.7 Å². The summed E-state index contributed by atoms with van der Waals surface area (Å²) in [7, 11) is 1.84. The van der Waals surface area contributed by atoms with E-state index in [9.17, 15) is 15.0 Å². The molecule has 5 nitrogen and oxygen atoms in total. The molecule has 0 bridgehead atoms. The monoisotopic (exact) mass is 559 g/mol. The Balaban J connectivity index is 1.97. The Kier molecular flexibility index (Phi) is 13.3. The highest BCUT2D eigenvalue weighted by Gasteiger charge is 2.36. The second kappa shape index (κ2) is 15.5. The Morgan fingerprint density at radius 1 is 0.925 bits per heavy atom. The molecule has 40 heavy (non-hydrogen) atoms. The van der Waals surface area contributed by atoms with Gasteiger partial charge in [-0.05, 0) is 88.3 Å². The minimum atomic E-state index is -0.830. The van der Waals surface area contributed by atoms with E-state index in [-0.39, 0.29) is 17.3 Å². The Labute approximate surface area is 246 Å². The Morgan fingerprint density at radius 3 is 2.00 bits per heavy atom.